The van der Waals surface area contributed by atoms with Gasteiger partial charge in [0.2, 0.25) is 5.91 Å². The Morgan fingerprint density at radius 3 is 2.30 bits per heavy atom. The molecule has 0 heterocycles. The normalized spacial score (nSPS) is 11.5. The zero-order valence-electron chi connectivity index (χ0n) is 14.3. The summed E-state index contributed by atoms with van der Waals surface area (Å²) in [5.74, 6) is 0.255. The standard InChI is InChI=1S/C16H25FN4O.HI/c1-16(2,3)20-14(22)10-19-15(18-4)21(5)11-12-6-8-13(17)9-7-12;/h6-9H,10-11H2,1-5H3,(H,18,19)(H,20,22);1H. The molecule has 0 saturated heterocycles. The Hall–Kier alpha value is -1.38. The van der Waals surface area contributed by atoms with Gasteiger partial charge >= 0.3 is 0 Å². The maximum absolute atomic E-state index is 12.9. The highest BCUT2D eigenvalue weighted by atomic mass is 127. The predicted molar refractivity (Wildman–Crippen MR) is 103 cm³/mol. The summed E-state index contributed by atoms with van der Waals surface area (Å²) in [5.41, 5.74) is 0.702. The van der Waals surface area contributed by atoms with E-state index < -0.39 is 0 Å². The van der Waals surface area contributed by atoms with E-state index in [2.05, 4.69) is 15.6 Å². The van der Waals surface area contributed by atoms with E-state index in [0.717, 1.165) is 5.56 Å². The molecule has 1 aromatic rings. The minimum atomic E-state index is -0.262. The molecule has 0 radical (unpaired) electrons. The number of nitrogens with one attached hydrogen (secondary N) is 2. The number of guanidine groups is 1. The Balaban J connectivity index is 0.00000484. The third kappa shape index (κ3) is 8.73. The van der Waals surface area contributed by atoms with Crippen LogP contribution < -0.4 is 10.6 Å². The van der Waals surface area contributed by atoms with Crippen molar-refractivity contribution in [2.24, 2.45) is 4.99 Å². The van der Waals surface area contributed by atoms with Crippen LogP contribution in [-0.2, 0) is 11.3 Å². The second-order valence-corrected chi connectivity index (χ2v) is 6.18. The number of nitrogens with zero attached hydrogens (tertiary/aromatic N) is 2. The Labute approximate surface area is 154 Å². The Morgan fingerprint density at radius 1 is 1.26 bits per heavy atom. The minimum Gasteiger partial charge on any atom is -0.350 e. The first-order valence-electron chi connectivity index (χ1n) is 7.18. The number of halogens is 2. The lowest BCUT2D eigenvalue weighted by Crippen LogP contribution is -2.48. The number of rotatable bonds is 4. The molecule has 0 atom stereocenters. The van der Waals surface area contributed by atoms with E-state index in [9.17, 15) is 9.18 Å². The van der Waals surface area contributed by atoms with Gasteiger partial charge in [-0.1, -0.05) is 12.1 Å². The van der Waals surface area contributed by atoms with Crippen LogP contribution >= 0.6 is 24.0 Å². The molecule has 0 aromatic heterocycles. The van der Waals surface area contributed by atoms with Crippen LogP contribution in [0.1, 0.15) is 26.3 Å². The molecule has 5 nitrogen and oxygen atoms in total. The number of benzene rings is 1. The average Bonchev–Trinajstić information content (AvgIpc) is 2.40. The van der Waals surface area contributed by atoms with Crippen molar-refractivity contribution in [3.05, 3.63) is 35.6 Å². The maximum atomic E-state index is 12.9. The van der Waals surface area contributed by atoms with Gasteiger partial charge in [0, 0.05) is 26.2 Å². The second-order valence-electron chi connectivity index (χ2n) is 6.18. The van der Waals surface area contributed by atoms with E-state index in [1.54, 1.807) is 19.2 Å². The van der Waals surface area contributed by atoms with Crippen molar-refractivity contribution >= 4 is 35.8 Å². The molecule has 0 aliphatic rings. The fraction of sp³-hybridized carbons (Fsp3) is 0.500. The fourth-order valence-corrected chi connectivity index (χ4v) is 1.95. The van der Waals surface area contributed by atoms with Crippen LogP contribution in [0.3, 0.4) is 0 Å². The second kappa shape index (κ2) is 9.69. The van der Waals surface area contributed by atoms with E-state index in [1.807, 2.05) is 32.7 Å². The summed E-state index contributed by atoms with van der Waals surface area (Å²) in [7, 11) is 3.52. The third-order valence-electron chi connectivity index (χ3n) is 2.83. The summed E-state index contributed by atoms with van der Waals surface area (Å²) in [4.78, 5) is 17.8. The highest BCUT2D eigenvalue weighted by Gasteiger charge is 2.14. The topological polar surface area (TPSA) is 56.7 Å². The van der Waals surface area contributed by atoms with Crippen LogP contribution in [0.4, 0.5) is 4.39 Å². The number of aliphatic imine (C=N–C) groups is 1. The van der Waals surface area contributed by atoms with Crippen molar-refractivity contribution in [3.8, 4) is 0 Å². The van der Waals surface area contributed by atoms with Gasteiger partial charge in [-0.2, -0.15) is 0 Å². The van der Waals surface area contributed by atoms with Crippen LogP contribution in [0.5, 0.6) is 0 Å². The first kappa shape index (κ1) is 21.6. The number of hydrogen-bond donors (Lipinski definition) is 2. The average molecular weight is 436 g/mol. The lowest BCUT2D eigenvalue weighted by molar-refractivity contribution is -0.121. The Kier molecular flexibility index (Phi) is 9.11. The molecular weight excluding hydrogens is 410 g/mol. The van der Waals surface area contributed by atoms with Gasteiger partial charge in [-0.15, -0.1) is 24.0 Å². The molecule has 130 valence electrons. The molecule has 1 amide bonds. The van der Waals surface area contributed by atoms with Gasteiger partial charge in [0.15, 0.2) is 5.96 Å². The van der Waals surface area contributed by atoms with Gasteiger partial charge in [-0.05, 0) is 38.5 Å². The molecule has 0 bridgehead atoms. The number of carbonyl (C=O) groups excluding carboxylic acids is 1. The minimum absolute atomic E-state index is 0. The summed E-state index contributed by atoms with van der Waals surface area (Å²) in [5, 5.41) is 5.89. The van der Waals surface area contributed by atoms with Gasteiger partial charge < -0.3 is 15.5 Å². The lowest BCUT2D eigenvalue weighted by atomic mass is 10.1. The van der Waals surface area contributed by atoms with Crippen molar-refractivity contribution in [2.45, 2.75) is 32.9 Å². The molecule has 1 rings (SSSR count). The SMILES string of the molecule is CN=C(NCC(=O)NC(C)(C)C)N(C)Cc1ccc(F)cc1.I. The number of amides is 1. The van der Waals surface area contributed by atoms with Crippen LogP contribution in [0, 0.1) is 5.82 Å². The van der Waals surface area contributed by atoms with Gasteiger partial charge in [-0.25, -0.2) is 4.39 Å². The fourth-order valence-electron chi connectivity index (χ4n) is 1.95. The largest absolute Gasteiger partial charge is 0.350 e. The summed E-state index contributed by atoms with van der Waals surface area (Å²) in [6.07, 6.45) is 0. The summed E-state index contributed by atoms with van der Waals surface area (Å²) < 4.78 is 12.9. The number of hydrogen-bond acceptors (Lipinski definition) is 2. The molecule has 0 unspecified atom stereocenters. The van der Waals surface area contributed by atoms with Crippen LogP contribution in [0.25, 0.3) is 0 Å². The molecule has 23 heavy (non-hydrogen) atoms. The van der Waals surface area contributed by atoms with Crippen molar-refractivity contribution in [2.75, 3.05) is 20.6 Å². The summed E-state index contributed by atoms with van der Waals surface area (Å²) in [6, 6.07) is 6.31. The summed E-state index contributed by atoms with van der Waals surface area (Å²) in [6.45, 7) is 6.51. The maximum Gasteiger partial charge on any atom is 0.239 e. The molecule has 7 heteroatoms. The van der Waals surface area contributed by atoms with E-state index >= 15 is 0 Å². The highest BCUT2D eigenvalue weighted by Crippen LogP contribution is 2.05. The van der Waals surface area contributed by atoms with Crippen molar-refractivity contribution in [1.82, 2.24) is 15.5 Å². The lowest BCUT2D eigenvalue weighted by Gasteiger charge is -2.24. The van der Waals surface area contributed by atoms with Gasteiger partial charge in [0.05, 0.1) is 6.54 Å². The zero-order valence-corrected chi connectivity index (χ0v) is 16.6. The van der Waals surface area contributed by atoms with Gasteiger partial charge in [0.25, 0.3) is 0 Å². The quantitative estimate of drug-likeness (QED) is 0.433. The molecule has 0 aliphatic carbocycles. The zero-order chi connectivity index (χ0) is 16.8. The first-order valence-corrected chi connectivity index (χ1v) is 7.18. The monoisotopic (exact) mass is 436 g/mol. The molecule has 1 aromatic carbocycles. The van der Waals surface area contributed by atoms with Crippen LogP contribution in [0.2, 0.25) is 0 Å². The Bertz CT molecular complexity index is 526. The molecule has 2 N–H and O–H groups in total. The molecular formula is C16H26FIN4O. The van der Waals surface area contributed by atoms with Crippen molar-refractivity contribution in [3.63, 3.8) is 0 Å². The highest BCUT2D eigenvalue weighted by molar-refractivity contribution is 14.0. The van der Waals surface area contributed by atoms with Gasteiger partial charge in [0.1, 0.15) is 5.82 Å². The van der Waals surface area contributed by atoms with Crippen molar-refractivity contribution in [1.29, 1.82) is 0 Å². The smallest absolute Gasteiger partial charge is 0.239 e. The van der Waals surface area contributed by atoms with Gasteiger partial charge in [-0.3, -0.25) is 9.79 Å². The number of carbonyl (C=O) groups is 1. The first-order chi connectivity index (χ1) is 10.2. The molecule has 0 saturated carbocycles. The van der Waals surface area contributed by atoms with E-state index in [-0.39, 0.29) is 47.8 Å². The molecule has 0 aliphatic heterocycles. The predicted octanol–water partition coefficient (Wildman–Crippen LogP) is 2.37. The molecule has 0 spiro atoms. The van der Waals surface area contributed by atoms with E-state index in [1.165, 1.54) is 12.1 Å². The Morgan fingerprint density at radius 2 is 1.83 bits per heavy atom. The van der Waals surface area contributed by atoms with E-state index in [4.69, 9.17) is 0 Å². The third-order valence-corrected chi connectivity index (χ3v) is 2.83. The molecule has 0 fully saturated rings. The van der Waals surface area contributed by atoms with E-state index in [0.29, 0.717) is 12.5 Å². The van der Waals surface area contributed by atoms with Crippen LogP contribution in [0.15, 0.2) is 29.3 Å². The summed E-state index contributed by atoms with van der Waals surface area (Å²) >= 11 is 0. The van der Waals surface area contributed by atoms with Crippen molar-refractivity contribution < 1.29 is 9.18 Å². The van der Waals surface area contributed by atoms with Crippen LogP contribution in [-0.4, -0.2) is 42.9 Å².